The maximum absolute atomic E-state index is 4.60. The summed E-state index contributed by atoms with van der Waals surface area (Å²) < 4.78 is 27.9. The van der Waals surface area contributed by atoms with Gasteiger partial charge in [0.1, 0.15) is 70.0 Å². The summed E-state index contributed by atoms with van der Waals surface area (Å²) in [6.07, 6.45) is 8.85. The number of aryl methyl sites for hydroxylation is 15. The number of H-pyrrole nitrogens is 2. The van der Waals surface area contributed by atoms with E-state index in [0.717, 1.165) is 68.4 Å². The third-order valence-corrected chi connectivity index (χ3v) is 8.00. The SMILES string of the molecule is CC.CC.CC.CC.CC1=NN=CC1.Cc1ncn[nH]1.Cc1ncn[nH]1.Cc1nnoc1C.Cc1nnoc1C.Cc1noc(C)n1.Cc1noc(C)n1.Cc1nsc(C)n1.Cc1nsc(C)n1.Cn1cncn1. The Morgan fingerprint density at radius 2 is 0.919 bits per heavy atom. The topological polar surface area (TPSA) is 346 Å². The summed E-state index contributed by atoms with van der Waals surface area (Å²) in [4.78, 5) is 26.9. The fourth-order valence-corrected chi connectivity index (χ4v) is 4.27. The zero-order valence-electron chi connectivity index (χ0n) is 47.9. The highest BCUT2D eigenvalue weighted by Gasteiger charge is 1.95. The molecule has 0 radical (unpaired) electrons. The number of rotatable bonds is 0. The normalized spacial score (nSPS) is 9.32. The van der Waals surface area contributed by atoms with E-state index in [1.165, 1.54) is 42.0 Å². The van der Waals surface area contributed by atoms with E-state index in [4.69, 9.17) is 0 Å². The Morgan fingerprint density at radius 3 is 1.00 bits per heavy atom. The molecule has 10 heterocycles. The van der Waals surface area contributed by atoms with E-state index in [-0.39, 0.29) is 0 Å². The molecule has 0 aliphatic carbocycles. The van der Waals surface area contributed by atoms with Gasteiger partial charge in [-0.25, -0.2) is 24.9 Å². The summed E-state index contributed by atoms with van der Waals surface area (Å²) in [5.41, 5.74) is 2.83. The fraction of sp³-hybridized carbons (Fsp3) is 0.556. The minimum absolute atomic E-state index is 0.623. The van der Waals surface area contributed by atoms with Crippen LogP contribution >= 0.6 is 23.1 Å². The first-order valence-electron chi connectivity index (χ1n) is 23.4. The highest BCUT2D eigenvalue weighted by molar-refractivity contribution is 7.05. The molecule has 0 aromatic carbocycles. The Balaban J connectivity index is -0.000000362. The lowest BCUT2D eigenvalue weighted by Crippen LogP contribution is -1.83. The third-order valence-electron chi connectivity index (χ3n) is 6.57. The molecule has 412 valence electrons. The zero-order chi connectivity index (χ0) is 57.3. The highest BCUT2D eigenvalue weighted by atomic mass is 32.1. The average Bonchev–Trinajstić information content (AvgIpc) is 4.22. The molecule has 29 heteroatoms. The quantitative estimate of drug-likeness (QED) is 0.142. The van der Waals surface area contributed by atoms with Crippen LogP contribution in [0.1, 0.15) is 148 Å². The molecule has 0 saturated carbocycles. The van der Waals surface area contributed by atoms with Gasteiger partial charge in [0, 0.05) is 49.8 Å². The second-order valence-corrected chi connectivity index (χ2v) is 14.7. The van der Waals surface area contributed by atoms with Gasteiger partial charge < -0.3 is 18.1 Å². The molecule has 0 spiro atoms. The number of aromatic nitrogens is 21. The summed E-state index contributed by atoms with van der Waals surface area (Å²) in [5, 5.41) is 46.5. The van der Waals surface area contributed by atoms with E-state index in [2.05, 4.69) is 128 Å². The molecule has 9 aromatic heterocycles. The first kappa shape index (κ1) is 73.0. The Bertz CT molecular complexity index is 2210. The van der Waals surface area contributed by atoms with Crippen molar-refractivity contribution in [1.82, 2.24) is 105 Å². The van der Waals surface area contributed by atoms with Crippen LogP contribution in [0.2, 0.25) is 0 Å². The van der Waals surface area contributed by atoms with Crippen LogP contribution in [0, 0.1) is 96.9 Å². The molecule has 27 nitrogen and oxygen atoms in total. The van der Waals surface area contributed by atoms with Crippen LogP contribution < -0.4 is 0 Å². The lowest BCUT2D eigenvalue weighted by Gasteiger charge is -1.74. The molecule has 10 rings (SSSR count). The van der Waals surface area contributed by atoms with Crippen molar-refractivity contribution in [2.75, 3.05) is 0 Å². The van der Waals surface area contributed by atoms with Crippen molar-refractivity contribution in [2.45, 2.75) is 166 Å². The average molecular weight is 1070 g/mol. The van der Waals surface area contributed by atoms with Gasteiger partial charge in [0.2, 0.25) is 11.8 Å². The molecule has 1 aliphatic heterocycles. The number of aromatic amines is 2. The van der Waals surface area contributed by atoms with E-state index >= 15 is 0 Å². The van der Waals surface area contributed by atoms with E-state index in [0.29, 0.717) is 23.4 Å². The second kappa shape index (κ2) is 49.0. The smallest absolute Gasteiger partial charge is 0.223 e. The van der Waals surface area contributed by atoms with Gasteiger partial charge >= 0.3 is 0 Å². The summed E-state index contributed by atoms with van der Waals surface area (Å²) in [6.45, 7) is 43.8. The number of hydrogen-bond donors (Lipinski definition) is 2. The van der Waals surface area contributed by atoms with Crippen molar-refractivity contribution in [3.8, 4) is 0 Å². The predicted octanol–water partition coefficient (Wildman–Crippen LogP) is 10.0. The van der Waals surface area contributed by atoms with Crippen LogP contribution in [0.15, 0.2) is 53.6 Å². The molecule has 0 unspecified atom stereocenters. The highest BCUT2D eigenvalue weighted by Crippen LogP contribution is 2.00. The van der Waals surface area contributed by atoms with Crippen LogP contribution in [0.3, 0.4) is 0 Å². The van der Waals surface area contributed by atoms with Crippen molar-refractivity contribution in [3.63, 3.8) is 0 Å². The molecular formula is C45H81N23O4S2. The molecule has 74 heavy (non-hydrogen) atoms. The van der Waals surface area contributed by atoms with E-state index < -0.39 is 0 Å². The molecule has 0 amide bonds. The summed E-state index contributed by atoms with van der Waals surface area (Å²) in [6, 6.07) is 0. The molecule has 1 aliphatic rings. The van der Waals surface area contributed by atoms with Gasteiger partial charge in [-0.15, -0.1) is 10.2 Å². The van der Waals surface area contributed by atoms with Crippen LogP contribution in [-0.4, -0.2) is 117 Å². The number of nitrogens with one attached hydrogen (secondary N) is 2. The standard InChI is InChI=1S/4C4H6N2O.2C4H6N2S.C4H6N2.3C3H5N3.4C2H6/c2*1-3-5-4(2)7-6-3;2*1-3-4(2)7-6-5-3;2*1-3-5-4(2)7-6-3;1-4-2-3-5-6-4;1-6-3-4-2-5-6;2*1-3-4-2-5-6-3;4*1-2/h6*1-2H3;3H,2H2,1H3;2-3H,1H3;2*2H,1H3,(H,4,5,6);4*1-2H3. The maximum atomic E-state index is 4.60. The fourth-order valence-electron chi connectivity index (χ4n) is 3.32. The lowest BCUT2D eigenvalue weighted by atomic mass is 10.3. The maximum Gasteiger partial charge on any atom is 0.223 e. The van der Waals surface area contributed by atoms with Gasteiger partial charge in [-0.3, -0.25) is 14.9 Å². The minimum atomic E-state index is 0.623. The molecule has 0 saturated heterocycles. The molecule has 0 fully saturated rings. The minimum Gasteiger partial charge on any atom is -0.342 e. The van der Waals surface area contributed by atoms with Crippen molar-refractivity contribution in [1.29, 1.82) is 0 Å². The first-order valence-corrected chi connectivity index (χ1v) is 24.9. The van der Waals surface area contributed by atoms with Crippen molar-refractivity contribution >= 4 is 35.0 Å². The first-order chi connectivity index (χ1) is 35.3. The summed E-state index contributed by atoms with van der Waals surface area (Å²) >= 11 is 2.89. The van der Waals surface area contributed by atoms with E-state index in [1.807, 2.05) is 139 Å². The third kappa shape index (κ3) is 44.4. The van der Waals surface area contributed by atoms with Crippen LogP contribution in [-0.2, 0) is 7.05 Å². The Kier molecular flexibility index (Phi) is 48.4. The van der Waals surface area contributed by atoms with Crippen LogP contribution in [0.25, 0.3) is 0 Å². The number of nitrogens with zero attached hydrogens (tertiary/aromatic N) is 21. The lowest BCUT2D eigenvalue weighted by molar-refractivity contribution is 0.373. The van der Waals surface area contributed by atoms with Crippen LogP contribution in [0.5, 0.6) is 0 Å². The van der Waals surface area contributed by atoms with Crippen molar-refractivity contribution < 1.29 is 18.1 Å². The van der Waals surface area contributed by atoms with Crippen molar-refractivity contribution in [3.05, 3.63) is 105 Å². The molecule has 2 N–H and O–H groups in total. The van der Waals surface area contributed by atoms with Gasteiger partial charge in [0.05, 0.1) is 0 Å². The monoisotopic (exact) mass is 1070 g/mol. The Labute approximate surface area is 444 Å². The summed E-state index contributed by atoms with van der Waals surface area (Å²) in [7, 11) is 1.83. The summed E-state index contributed by atoms with van der Waals surface area (Å²) in [5.74, 6) is 7.68. The van der Waals surface area contributed by atoms with E-state index in [1.54, 1.807) is 44.9 Å². The largest absolute Gasteiger partial charge is 0.342 e. The molecule has 9 aromatic rings. The molecular weight excluding hydrogens is 991 g/mol. The van der Waals surface area contributed by atoms with Crippen LogP contribution in [0.4, 0.5) is 0 Å². The predicted molar refractivity (Wildman–Crippen MR) is 289 cm³/mol. The van der Waals surface area contributed by atoms with E-state index in [9.17, 15) is 0 Å². The van der Waals surface area contributed by atoms with Gasteiger partial charge in [0.15, 0.2) is 23.2 Å². The van der Waals surface area contributed by atoms with Gasteiger partial charge in [0.25, 0.3) is 0 Å². The van der Waals surface area contributed by atoms with Crippen molar-refractivity contribution in [2.24, 2.45) is 17.3 Å². The van der Waals surface area contributed by atoms with Gasteiger partial charge in [-0.2, -0.15) is 44.2 Å². The second-order valence-electron chi connectivity index (χ2n) is 12.8. The molecule has 0 bridgehead atoms. The van der Waals surface area contributed by atoms with Gasteiger partial charge in [-0.1, -0.05) is 65.7 Å². The number of hydrogen-bond acceptors (Lipinski definition) is 26. The van der Waals surface area contributed by atoms with Gasteiger partial charge in [-0.05, 0) is 113 Å². The Morgan fingerprint density at radius 1 is 0.514 bits per heavy atom. The zero-order valence-corrected chi connectivity index (χ0v) is 49.6. The molecule has 0 atom stereocenters. The Hall–Kier alpha value is -7.56.